The average Bonchev–Trinajstić information content (AvgIpc) is 2.99. The van der Waals surface area contributed by atoms with Gasteiger partial charge in [-0.3, -0.25) is 9.59 Å². The maximum Gasteiger partial charge on any atom is 0.308 e. The minimum atomic E-state index is -0.446. The number of carbonyl (C=O) groups is 2. The van der Waals surface area contributed by atoms with Crippen molar-refractivity contribution in [1.29, 1.82) is 0 Å². The fourth-order valence-corrected chi connectivity index (χ4v) is 2.94. The van der Waals surface area contributed by atoms with Gasteiger partial charge in [-0.25, -0.2) is 0 Å². The van der Waals surface area contributed by atoms with Crippen molar-refractivity contribution >= 4 is 17.8 Å². The fourth-order valence-electron chi connectivity index (χ4n) is 2.94. The maximum absolute atomic E-state index is 12.8. The Kier molecular flexibility index (Phi) is 5.26. The summed E-state index contributed by atoms with van der Waals surface area (Å²) in [5.74, 6) is 1.62. The standard InChI is InChI=1S/C21H20O7/c1-11-15(27-12(2)22)7-6-14-20(23)19(28-21(11)14)9-13-8-17(25-4)18(26-5)10-16(13)24-3/h6-10H,1-5H3/b19-9-. The van der Waals surface area contributed by atoms with Crippen LogP contribution in [0.1, 0.15) is 28.4 Å². The minimum Gasteiger partial charge on any atom is -0.496 e. The number of esters is 1. The van der Waals surface area contributed by atoms with Gasteiger partial charge in [-0.2, -0.15) is 0 Å². The summed E-state index contributed by atoms with van der Waals surface area (Å²) in [7, 11) is 4.57. The zero-order valence-electron chi connectivity index (χ0n) is 16.2. The molecule has 0 unspecified atom stereocenters. The minimum absolute atomic E-state index is 0.128. The molecule has 0 fully saturated rings. The van der Waals surface area contributed by atoms with E-state index in [2.05, 4.69) is 0 Å². The molecule has 28 heavy (non-hydrogen) atoms. The van der Waals surface area contributed by atoms with Crippen LogP contribution in [-0.2, 0) is 4.79 Å². The summed E-state index contributed by atoms with van der Waals surface area (Å²) >= 11 is 0. The first-order valence-electron chi connectivity index (χ1n) is 8.45. The van der Waals surface area contributed by atoms with E-state index < -0.39 is 5.97 Å². The van der Waals surface area contributed by atoms with E-state index in [4.69, 9.17) is 23.7 Å². The number of carbonyl (C=O) groups excluding carboxylic acids is 2. The summed E-state index contributed by atoms with van der Waals surface area (Å²) in [4.78, 5) is 24.0. The Morgan fingerprint density at radius 3 is 2.21 bits per heavy atom. The molecular formula is C21H20O7. The van der Waals surface area contributed by atoms with Gasteiger partial charge in [0.2, 0.25) is 5.78 Å². The molecule has 0 N–H and O–H groups in total. The fraction of sp³-hybridized carbons (Fsp3) is 0.238. The van der Waals surface area contributed by atoms with E-state index in [0.29, 0.717) is 45.4 Å². The van der Waals surface area contributed by atoms with Crippen LogP contribution in [0.4, 0.5) is 0 Å². The van der Waals surface area contributed by atoms with Crippen LogP contribution in [0.5, 0.6) is 28.7 Å². The summed E-state index contributed by atoms with van der Waals surface area (Å²) in [6, 6.07) is 6.52. The molecule has 7 heteroatoms. The number of hydrogen-bond donors (Lipinski definition) is 0. The van der Waals surface area contributed by atoms with Gasteiger partial charge in [-0.1, -0.05) is 0 Å². The van der Waals surface area contributed by atoms with Gasteiger partial charge < -0.3 is 23.7 Å². The van der Waals surface area contributed by atoms with Gasteiger partial charge in [0, 0.05) is 24.1 Å². The smallest absolute Gasteiger partial charge is 0.308 e. The van der Waals surface area contributed by atoms with Crippen LogP contribution in [0.25, 0.3) is 6.08 Å². The normalized spacial score (nSPS) is 13.8. The largest absolute Gasteiger partial charge is 0.496 e. The number of rotatable bonds is 5. The Labute approximate surface area is 162 Å². The quantitative estimate of drug-likeness (QED) is 0.443. The number of methoxy groups -OCH3 is 3. The first-order chi connectivity index (χ1) is 13.4. The molecule has 7 nitrogen and oxygen atoms in total. The lowest BCUT2D eigenvalue weighted by Crippen LogP contribution is -2.03. The monoisotopic (exact) mass is 384 g/mol. The molecule has 0 amide bonds. The highest BCUT2D eigenvalue weighted by Crippen LogP contribution is 2.41. The lowest BCUT2D eigenvalue weighted by Gasteiger charge is -2.12. The molecule has 146 valence electrons. The van der Waals surface area contributed by atoms with Gasteiger partial charge >= 0.3 is 5.97 Å². The highest BCUT2D eigenvalue weighted by molar-refractivity contribution is 6.15. The van der Waals surface area contributed by atoms with E-state index in [1.165, 1.54) is 28.3 Å². The van der Waals surface area contributed by atoms with Crippen molar-refractivity contribution in [2.75, 3.05) is 21.3 Å². The van der Waals surface area contributed by atoms with E-state index in [9.17, 15) is 9.59 Å². The molecule has 1 aliphatic heterocycles. The lowest BCUT2D eigenvalue weighted by atomic mass is 10.1. The van der Waals surface area contributed by atoms with Gasteiger partial charge in [-0.05, 0) is 31.2 Å². The van der Waals surface area contributed by atoms with E-state index in [1.54, 1.807) is 37.3 Å². The summed E-state index contributed by atoms with van der Waals surface area (Å²) in [5, 5.41) is 0. The zero-order chi connectivity index (χ0) is 20.4. The molecule has 0 aromatic heterocycles. The summed E-state index contributed by atoms with van der Waals surface area (Å²) in [6.45, 7) is 3.04. The van der Waals surface area contributed by atoms with Crippen molar-refractivity contribution in [3.8, 4) is 28.7 Å². The van der Waals surface area contributed by atoms with Crippen LogP contribution in [0, 0.1) is 6.92 Å². The third-order valence-electron chi connectivity index (χ3n) is 4.31. The molecule has 2 aromatic carbocycles. The second-order valence-electron chi connectivity index (χ2n) is 6.05. The van der Waals surface area contributed by atoms with Crippen molar-refractivity contribution < 1.29 is 33.3 Å². The lowest BCUT2D eigenvalue weighted by molar-refractivity contribution is -0.131. The van der Waals surface area contributed by atoms with Crippen LogP contribution < -0.4 is 23.7 Å². The number of ketones is 1. The molecule has 0 saturated heterocycles. The van der Waals surface area contributed by atoms with Crippen LogP contribution in [-0.4, -0.2) is 33.1 Å². The number of Topliss-reactive ketones (excluding diaryl/α,β-unsaturated/α-hetero) is 1. The van der Waals surface area contributed by atoms with Crippen LogP contribution >= 0.6 is 0 Å². The maximum atomic E-state index is 12.8. The molecule has 0 aliphatic carbocycles. The third kappa shape index (κ3) is 3.38. The molecule has 0 atom stereocenters. The second kappa shape index (κ2) is 7.64. The number of fused-ring (bicyclic) bond motifs is 1. The molecule has 0 bridgehead atoms. The van der Waals surface area contributed by atoms with Crippen LogP contribution in [0.3, 0.4) is 0 Å². The van der Waals surface area contributed by atoms with Crippen molar-refractivity contribution in [2.24, 2.45) is 0 Å². The van der Waals surface area contributed by atoms with E-state index >= 15 is 0 Å². The van der Waals surface area contributed by atoms with E-state index in [-0.39, 0.29) is 11.5 Å². The Morgan fingerprint density at radius 1 is 0.964 bits per heavy atom. The second-order valence-corrected chi connectivity index (χ2v) is 6.05. The van der Waals surface area contributed by atoms with E-state index in [0.717, 1.165) is 0 Å². The Bertz CT molecular complexity index is 989. The molecule has 1 aliphatic rings. The molecule has 0 radical (unpaired) electrons. The molecule has 0 saturated carbocycles. The van der Waals surface area contributed by atoms with Gasteiger partial charge in [0.05, 0.1) is 26.9 Å². The van der Waals surface area contributed by atoms with Crippen LogP contribution in [0.2, 0.25) is 0 Å². The van der Waals surface area contributed by atoms with Gasteiger partial charge in [-0.15, -0.1) is 0 Å². The first kappa shape index (κ1) is 19.3. The first-order valence-corrected chi connectivity index (χ1v) is 8.45. The SMILES string of the molecule is COc1cc(OC)c(OC)cc1/C=C1\Oc2c(ccc(OC(C)=O)c2C)C1=O. The van der Waals surface area contributed by atoms with E-state index in [1.807, 2.05) is 0 Å². The molecule has 2 aromatic rings. The van der Waals surface area contributed by atoms with Gasteiger partial charge in [0.1, 0.15) is 17.2 Å². The zero-order valence-corrected chi connectivity index (χ0v) is 16.2. The Balaban J connectivity index is 2.03. The molecule has 0 spiro atoms. The molecule has 1 heterocycles. The summed E-state index contributed by atoms with van der Waals surface area (Å²) < 4.78 is 26.9. The van der Waals surface area contributed by atoms with Crippen molar-refractivity contribution in [2.45, 2.75) is 13.8 Å². The molecule has 3 rings (SSSR count). The predicted octanol–water partition coefficient (Wildman–Crippen LogP) is 3.56. The number of benzene rings is 2. The number of hydrogen-bond acceptors (Lipinski definition) is 7. The van der Waals surface area contributed by atoms with Gasteiger partial charge in [0.25, 0.3) is 0 Å². The summed E-state index contributed by atoms with van der Waals surface area (Å²) in [6.07, 6.45) is 1.58. The Morgan fingerprint density at radius 2 is 1.61 bits per heavy atom. The highest BCUT2D eigenvalue weighted by Gasteiger charge is 2.31. The summed E-state index contributed by atoms with van der Waals surface area (Å²) in [5.41, 5.74) is 1.57. The number of allylic oxidation sites excluding steroid dienone is 1. The van der Waals surface area contributed by atoms with Crippen LogP contribution in [0.15, 0.2) is 30.0 Å². The third-order valence-corrected chi connectivity index (χ3v) is 4.31. The Hall–Kier alpha value is -3.48. The predicted molar refractivity (Wildman–Crippen MR) is 102 cm³/mol. The number of ether oxygens (including phenoxy) is 5. The average molecular weight is 384 g/mol. The van der Waals surface area contributed by atoms with Crippen molar-refractivity contribution in [3.63, 3.8) is 0 Å². The van der Waals surface area contributed by atoms with Crippen molar-refractivity contribution in [1.82, 2.24) is 0 Å². The van der Waals surface area contributed by atoms with Crippen molar-refractivity contribution in [3.05, 3.63) is 46.7 Å². The molecular weight excluding hydrogens is 364 g/mol. The highest BCUT2D eigenvalue weighted by atomic mass is 16.5. The topological polar surface area (TPSA) is 80.3 Å². The van der Waals surface area contributed by atoms with Gasteiger partial charge in [0.15, 0.2) is 17.3 Å².